The van der Waals surface area contributed by atoms with Gasteiger partial charge in [0, 0.05) is 0 Å². The van der Waals surface area contributed by atoms with Crippen molar-refractivity contribution in [3.05, 3.63) is 11.6 Å². The summed E-state index contributed by atoms with van der Waals surface area (Å²) in [4.78, 5) is 24.0. The largest absolute Gasteiger partial charge is 0.481 e. The first-order valence-electron chi connectivity index (χ1n) is 8.68. The Hall–Kier alpha value is -1.32. The Morgan fingerprint density at radius 1 is 1.09 bits per heavy atom. The van der Waals surface area contributed by atoms with E-state index < -0.39 is 17.4 Å². The summed E-state index contributed by atoms with van der Waals surface area (Å²) in [7, 11) is 0. The second-order valence-corrected chi connectivity index (χ2v) is 6.43. The van der Waals surface area contributed by atoms with Crippen LogP contribution < -0.4 is 0 Å². The van der Waals surface area contributed by atoms with Crippen LogP contribution in [0.1, 0.15) is 78.1 Å². The minimum Gasteiger partial charge on any atom is -0.481 e. The summed E-state index contributed by atoms with van der Waals surface area (Å²) in [5.74, 6) is -2.04. The third kappa shape index (κ3) is 4.11. The van der Waals surface area contributed by atoms with E-state index >= 15 is 0 Å². The molecule has 0 radical (unpaired) electrons. The van der Waals surface area contributed by atoms with Gasteiger partial charge < -0.3 is 10.2 Å². The van der Waals surface area contributed by atoms with Crippen molar-refractivity contribution in [3.8, 4) is 0 Å². The average Bonchev–Trinajstić information content (AvgIpc) is 3.00. The molecule has 0 aromatic heterocycles. The number of carboxylic acids is 2. The number of hydrogen-bond acceptors (Lipinski definition) is 2. The summed E-state index contributed by atoms with van der Waals surface area (Å²) in [6.07, 6.45) is 9.94. The molecule has 0 aliphatic heterocycles. The molecule has 0 heterocycles. The minimum atomic E-state index is -1.20. The van der Waals surface area contributed by atoms with E-state index in [0.29, 0.717) is 12.8 Å². The topological polar surface area (TPSA) is 74.6 Å². The molecular weight excluding hydrogens is 280 g/mol. The summed E-state index contributed by atoms with van der Waals surface area (Å²) in [6, 6.07) is 0. The Bertz CT molecular complexity index is 407. The van der Waals surface area contributed by atoms with Crippen LogP contribution in [-0.4, -0.2) is 22.2 Å². The number of unbranched alkanes of at least 4 members (excludes halogenated alkanes) is 3. The maximum atomic E-state index is 12.2. The highest BCUT2D eigenvalue weighted by Crippen LogP contribution is 2.49. The first kappa shape index (κ1) is 18.7. The highest BCUT2D eigenvalue weighted by atomic mass is 16.4. The van der Waals surface area contributed by atoms with Gasteiger partial charge in [-0.25, -0.2) is 4.79 Å². The summed E-state index contributed by atoms with van der Waals surface area (Å²) in [5.41, 5.74) is -1.07. The molecular formula is C18H30O4. The Labute approximate surface area is 133 Å². The smallest absolute Gasteiger partial charge is 0.332 e. The van der Waals surface area contributed by atoms with Gasteiger partial charge in [0.2, 0.25) is 0 Å². The van der Waals surface area contributed by atoms with E-state index in [-0.39, 0.29) is 11.5 Å². The van der Waals surface area contributed by atoms with E-state index in [0.717, 1.165) is 51.4 Å². The van der Waals surface area contributed by atoms with Crippen LogP contribution in [0.15, 0.2) is 11.6 Å². The maximum Gasteiger partial charge on any atom is 0.332 e. The first-order chi connectivity index (χ1) is 10.5. The summed E-state index contributed by atoms with van der Waals surface area (Å²) in [5, 5.41) is 19.7. The SMILES string of the molecule is CCCCC=C(C(=O)O)C(CCCC)(C(=O)O)C1CCCC1. The zero-order valence-corrected chi connectivity index (χ0v) is 13.9. The highest BCUT2D eigenvalue weighted by Gasteiger charge is 2.51. The van der Waals surface area contributed by atoms with Crippen LogP contribution in [0.3, 0.4) is 0 Å². The molecule has 0 saturated heterocycles. The fraction of sp³-hybridized carbons (Fsp3) is 0.778. The molecule has 1 rings (SSSR count). The van der Waals surface area contributed by atoms with Crippen molar-refractivity contribution in [2.45, 2.75) is 78.1 Å². The summed E-state index contributed by atoms with van der Waals surface area (Å²) < 4.78 is 0. The van der Waals surface area contributed by atoms with E-state index in [2.05, 4.69) is 0 Å². The lowest BCUT2D eigenvalue weighted by Crippen LogP contribution is -2.42. The highest BCUT2D eigenvalue weighted by molar-refractivity contribution is 5.96. The molecule has 126 valence electrons. The molecule has 1 atom stereocenters. The molecule has 1 saturated carbocycles. The lowest BCUT2D eigenvalue weighted by Gasteiger charge is -2.36. The monoisotopic (exact) mass is 310 g/mol. The molecule has 4 nitrogen and oxygen atoms in total. The number of allylic oxidation sites excluding steroid dienone is 1. The number of carbonyl (C=O) groups is 2. The molecule has 0 amide bonds. The van der Waals surface area contributed by atoms with Gasteiger partial charge in [0.05, 0.1) is 5.57 Å². The predicted octanol–water partition coefficient (Wildman–Crippen LogP) is 4.64. The van der Waals surface area contributed by atoms with Crippen molar-refractivity contribution in [2.24, 2.45) is 11.3 Å². The second kappa shape index (κ2) is 8.96. The van der Waals surface area contributed by atoms with Gasteiger partial charge in [-0.2, -0.15) is 0 Å². The fourth-order valence-electron chi connectivity index (χ4n) is 3.74. The van der Waals surface area contributed by atoms with Gasteiger partial charge in [-0.15, -0.1) is 0 Å². The van der Waals surface area contributed by atoms with Crippen molar-refractivity contribution in [2.75, 3.05) is 0 Å². The lowest BCUT2D eigenvalue weighted by atomic mass is 9.65. The first-order valence-corrected chi connectivity index (χ1v) is 8.68. The van der Waals surface area contributed by atoms with Gasteiger partial charge in [0.15, 0.2) is 0 Å². The molecule has 0 aromatic carbocycles. The van der Waals surface area contributed by atoms with E-state index in [9.17, 15) is 19.8 Å². The zero-order chi connectivity index (χ0) is 16.6. The van der Waals surface area contributed by atoms with Gasteiger partial charge >= 0.3 is 11.9 Å². The van der Waals surface area contributed by atoms with Crippen LogP contribution in [0.4, 0.5) is 0 Å². The normalized spacial score (nSPS) is 19.1. The fourth-order valence-corrected chi connectivity index (χ4v) is 3.74. The molecule has 1 fully saturated rings. The van der Waals surface area contributed by atoms with Crippen molar-refractivity contribution in [1.82, 2.24) is 0 Å². The van der Waals surface area contributed by atoms with Crippen molar-refractivity contribution < 1.29 is 19.8 Å². The quantitative estimate of drug-likeness (QED) is 0.455. The van der Waals surface area contributed by atoms with Gasteiger partial charge in [0.1, 0.15) is 5.41 Å². The van der Waals surface area contributed by atoms with Crippen molar-refractivity contribution >= 4 is 11.9 Å². The Morgan fingerprint density at radius 2 is 1.68 bits per heavy atom. The zero-order valence-electron chi connectivity index (χ0n) is 13.9. The van der Waals surface area contributed by atoms with E-state index in [1.54, 1.807) is 6.08 Å². The molecule has 1 unspecified atom stereocenters. The molecule has 2 N–H and O–H groups in total. The van der Waals surface area contributed by atoms with Crippen LogP contribution >= 0.6 is 0 Å². The van der Waals surface area contributed by atoms with Crippen LogP contribution in [0.5, 0.6) is 0 Å². The van der Waals surface area contributed by atoms with Gasteiger partial charge in [-0.3, -0.25) is 4.79 Å². The third-order valence-corrected chi connectivity index (χ3v) is 4.98. The van der Waals surface area contributed by atoms with Crippen molar-refractivity contribution in [3.63, 3.8) is 0 Å². The van der Waals surface area contributed by atoms with Crippen LogP contribution in [-0.2, 0) is 9.59 Å². The second-order valence-electron chi connectivity index (χ2n) is 6.43. The maximum absolute atomic E-state index is 12.2. The molecule has 0 aromatic rings. The van der Waals surface area contributed by atoms with E-state index in [1.165, 1.54) is 0 Å². The third-order valence-electron chi connectivity index (χ3n) is 4.98. The lowest BCUT2D eigenvalue weighted by molar-refractivity contribution is -0.154. The number of aliphatic carboxylic acids is 2. The summed E-state index contributed by atoms with van der Waals surface area (Å²) in [6.45, 7) is 4.06. The average molecular weight is 310 g/mol. The molecule has 0 spiro atoms. The Balaban J connectivity index is 3.25. The summed E-state index contributed by atoms with van der Waals surface area (Å²) >= 11 is 0. The number of hydrogen-bond donors (Lipinski definition) is 2. The standard InChI is InChI=1S/C18H30O4/c1-3-5-7-12-15(16(19)20)18(17(21)22,13-6-4-2)14-10-8-9-11-14/h12,14H,3-11,13H2,1-2H3,(H,19,20)(H,21,22). The molecule has 1 aliphatic rings. The predicted molar refractivity (Wildman–Crippen MR) is 86.8 cm³/mol. The van der Waals surface area contributed by atoms with Crippen LogP contribution in [0.25, 0.3) is 0 Å². The van der Waals surface area contributed by atoms with E-state index in [1.807, 2.05) is 13.8 Å². The number of carboxylic acid groups (broad SMARTS) is 2. The van der Waals surface area contributed by atoms with E-state index in [4.69, 9.17) is 0 Å². The van der Waals surface area contributed by atoms with Gasteiger partial charge in [-0.05, 0) is 31.6 Å². The Kier molecular flexibility index (Phi) is 7.63. The molecule has 4 heteroatoms. The molecule has 0 bridgehead atoms. The molecule has 22 heavy (non-hydrogen) atoms. The molecule has 1 aliphatic carbocycles. The number of rotatable bonds is 10. The van der Waals surface area contributed by atoms with Crippen molar-refractivity contribution in [1.29, 1.82) is 0 Å². The Morgan fingerprint density at radius 3 is 2.14 bits per heavy atom. The van der Waals surface area contributed by atoms with Gasteiger partial charge in [0.25, 0.3) is 0 Å². The van der Waals surface area contributed by atoms with Gasteiger partial charge in [-0.1, -0.05) is 58.4 Å². The van der Waals surface area contributed by atoms with Crippen LogP contribution in [0.2, 0.25) is 0 Å². The van der Waals surface area contributed by atoms with Crippen LogP contribution in [0, 0.1) is 11.3 Å². The minimum absolute atomic E-state index is 0.0412.